The highest BCUT2D eigenvalue weighted by atomic mass is 32.2. The molecule has 0 saturated carbocycles. The Balaban J connectivity index is -0.00000000673. The number of thioether (sulfide) groups is 1. The first-order valence-corrected chi connectivity index (χ1v) is 11.0. The summed E-state index contributed by atoms with van der Waals surface area (Å²) in [7, 11) is 0. The number of nitrogens with one attached hydrogen (secondary N) is 1. The molecule has 0 unspecified atom stereocenters. The molecule has 0 saturated heterocycles. The Morgan fingerprint density at radius 3 is 0.577 bits per heavy atom. The zero-order valence-corrected chi connectivity index (χ0v) is 20.9. The lowest BCUT2D eigenvalue weighted by Gasteiger charge is -1.77. The Hall–Kier alpha value is 0.0200. The lowest BCUT2D eigenvalue weighted by molar-refractivity contribution is 1.09. The fraction of sp³-hybridized carbons (Fsp3) is 0.958. The van der Waals surface area contributed by atoms with Gasteiger partial charge >= 0.3 is 0 Å². The summed E-state index contributed by atoms with van der Waals surface area (Å²) in [6.07, 6.45) is 3.14. The molecule has 0 heterocycles. The van der Waals surface area contributed by atoms with Gasteiger partial charge in [-0.15, -0.1) is 11.8 Å². The van der Waals surface area contributed by atoms with E-state index in [0.717, 1.165) is 0 Å². The minimum Gasteiger partial charge on any atom is -0.299 e. The van der Waals surface area contributed by atoms with Crippen LogP contribution < -0.4 is 0 Å². The molecule has 0 aromatic rings. The second-order valence-corrected chi connectivity index (χ2v) is 2.49. The maximum atomic E-state index is 6.71. The van der Waals surface area contributed by atoms with E-state index in [2.05, 4.69) is 13.8 Å². The SMILES string of the molecule is C.C.C.C.CC.CC.CC.CC.CC.CC.CC.CCC.CSC(C)=N. The molecule has 0 aliphatic heterocycles. The maximum Gasteiger partial charge on any atom is 0.0607 e. The molecule has 0 aliphatic carbocycles. The van der Waals surface area contributed by atoms with Gasteiger partial charge in [-0.05, 0) is 13.2 Å². The van der Waals surface area contributed by atoms with E-state index in [0.29, 0.717) is 5.04 Å². The van der Waals surface area contributed by atoms with E-state index in [1.165, 1.54) is 18.2 Å². The van der Waals surface area contributed by atoms with Crippen LogP contribution in [0.3, 0.4) is 0 Å². The zero-order chi connectivity index (χ0) is 21.0. The van der Waals surface area contributed by atoms with E-state index in [1.54, 1.807) is 6.92 Å². The van der Waals surface area contributed by atoms with Crippen molar-refractivity contribution in [3.8, 4) is 0 Å². The molecule has 0 aromatic carbocycles. The van der Waals surface area contributed by atoms with Crippen LogP contribution in [0.15, 0.2) is 0 Å². The van der Waals surface area contributed by atoms with Crippen LogP contribution >= 0.6 is 11.8 Å². The topological polar surface area (TPSA) is 23.9 Å². The highest BCUT2D eigenvalue weighted by Gasteiger charge is 1.70. The quantitative estimate of drug-likeness (QED) is 0.313. The smallest absolute Gasteiger partial charge is 0.0607 e. The number of hydrogen-bond acceptors (Lipinski definition) is 2. The molecule has 0 fully saturated rings. The van der Waals surface area contributed by atoms with Gasteiger partial charge in [-0.2, -0.15) is 0 Å². The Labute approximate surface area is 182 Å². The van der Waals surface area contributed by atoms with Gasteiger partial charge in [-0.25, -0.2) is 0 Å². The summed E-state index contributed by atoms with van der Waals surface area (Å²) in [5, 5.41) is 7.38. The van der Waals surface area contributed by atoms with Gasteiger partial charge in [0, 0.05) is 0 Å². The second-order valence-electron chi connectivity index (χ2n) is 1.47. The molecule has 0 atom stereocenters. The van der Waals surface area contributed by atoms with Crippen LogP contribution in [-0.4, -0.2) is 11.3 Å². The minimum atomic E-state index is 0. The fourth-order valence-corrected chi connectivity index (χ4v) is 0. The molecular weight excluding hydrogens is 334 g/mol. The largest absolute Gasteiger partial charge is 0.299 e. The van der Waals surface area contributed by atoms with Crippen LogP contribution in [0.2, 0.25) is 0 Å². The highest BCUT2D eigenvalue weighted by molar-refractivity contribution is 8.13. The van der Waals surface area contributed by atoms with Crippen molar-refractivity contribution in [3.05, 3.63) is 0 Å². The van der Waals surface area contributed by atoms with Gasteiger partial charge in [-0.3, -0.25) is 5.41 Å². The van der Waals surface area contributed by atoms with Gasteiger partial charge in [0.15, 0.2) is 0 Å². The maximum absolute atomic E-state index is 6.71. The molecule has 1 nitrogen and oxygen atoms in total. The molecule has 0 aliphatic rings. The average Bonchev–Trinajstić information content (AvgIpc) is 2.67. The van der Waals surface area contributed by atoms with Crippen LogP contribution in [-0.2, 0) is 0 Å². The summed E-state index contributed by atoms with van der Waals surface area (Å²) in [4.78, 5) is 0. The molecular formula is C24H73NS. The Morgan fingerprint density at radius 2 is 0.577 bits per heavy atom. The molecule has 0 rings (SSSR count). The fourth-order valence-electron chi connectivity index (χ4n) is 0. The van der Waals surface area contributed by atoms with Crippen LogP contribution in [0.4, 0.5) is 0 Å². The van der Waals surface area contributed by atoms with E-state index in [-0.39, 0.29) is 29.7 Å². The third-order valence-corrected chi connectivity index (χ3v) is 0.919. The Bertz CT molecular complexity index is 56.2. The van der Waals surface area contributed by atoms with Gasteiger partial charge in [0.05, 0.1) is 5.04 Å². The van der Waals surface area contributed by atoms with Crippen molar-refractivity contribution < 1.29 is 0 Å². The van der Waals surface area contributed by atoms with E-state index < -0.39 is 0 Å². The lowest BCUT2D eigenvalue weighted by Crippen LogP contribution is -1.70. The van der Waals surface area contributed by atoms with Crippen molar-refractivity contribution in [1.82, 2.24) is 0 Å². The molecule has 0 spiro atoms. The van der Waals surface area contributed by atoms with E-state index >= 15 is 0 Å². The molecule has 180 valence electrons. The Kier molecular flexibility index (Phi) is 2120. The van der Waals surface area contributed by atoms with Gasteiger partial charge in [0.25, 0.3) is 0 Å². The first-order valence-electron chi connectivity index (χ1n) is 9.78. The normalized spacial score (nSPS) is 3.77. The van der Waals surface area contributed by atoms with Crippen LogP contribution in [0.5, 0.6) is 0 Å². The molecule has 2 heteroatoms. The van der Waals surface area contributed by atoms with Crippen LogP contribution in [0, 0.1) is 5.41 Å². The van der Waals surface area contributed by atoms with Crippen LogP contribution in [0.1, 0.15) is 154 Å². The molecule has 0 bridgehead atoms. The third kappa shape index (κ3) is 3120. The Morgan fingerprint density at radius 1 is 0.538 bits per heavy atom. The predicted octanol–water partition coefficient (Wildman–Crippen LogP) is 12.5. The van der Waals surface area contributed by atoms with Crippen molar-refractivity contribution in [3.63, 3.8) is 0 Å². The molecule has 26 heavy (non-hydrogen) atoms. The van der Waals surface area contributed by atoms with Gasteiger partial charge in [0.1, 0.15) is 0 Å². The minimum absolute atomic E-state index is 0. The van der Waals surface area contributed by atoms with Crippen molar-refractivity contribution in [2.45, 2.75) is 154 Å². The average molecular weight is 408 g/mol. The molecule has 0 radical (unpaired) electrons. The number of rotatable bonds is 0. The lowest BCUT2D eigenvalue weighted by atomic mass is 10.6. The van der Waals surface area contributed by atoms with Gasteiger partial charge in [0.2, 0.25) is 0 Å². The van der Waals surface area contributed by atoms with Crippen molar-refractivity contribution in [2.75, 3.05) is 6.26 Å². The molecule has 1 N–H and O–H groups in total. The first-order chi connectivity index (χ1) is 10.7. The monoisotopic (exact) mass is 408 g/mol. The summed E-state index contributed by atoms with van der Waals surface area (Å²) in [6.45, 7) is 34.0. The highest BCUT2D eigenvalue weighted by Crippen LogP contribution is 1.89. The van der Waals surface area contributed by atoms with Crippen molar-refractivity contribution >= 4 is 16.8 Å². The summed E-state index contributed by atoms with van der Waals surface area (Å²) >= 11 is 1.46. The first kappa shape index (κ1) is 96.1. The zero-order valence-electron chi connectivity index (χ0n) is 20.1. The summed E-state index contributed by atoms with van der Waals surface area (Å²) in [5.41, 5.74) is 0. The molecule has 0 aromatic heterocycles. The van der Waals surface area contributed by atoms with Crippen molar-refractivity contribution in [2.24, 2.45) is 0 Å². The van der Waals surface area contributed by atoms with E-state index in [9.17, 15) is 0 Å². The second kappa shape index (κ2) is 573. The van der Waals surface area contributed by atoms with E-state index in [1.807, 2.05) is 103 Å². The van der Waals surface area contributed by atoms with Crippen LogP contribution in [0.25, 0.3) is 0 Å². The van der Waals surface area contributed by atoms with Gasteiger partial charge in [-0.1, -0.05) is 147 Å². The number of hydrogen-bond donors (Lipinski definition) is 1. The standard InChI is InChI=1S/C3H7NS.C3H8.7C2H6.4CH4/c1-3(4)5-2;1-3-2;7*1-2;;;;/h4H,1-2H3;3H2,1-2H3;7*1-2H3;4*1H4. The summed E-state index contributed by atoms with van der Waals surface area (Å²) in [6, 6.07) is 0. The van der Waals surface area contributed by atoms with E-state index in [4.69, 9.17) is 5.41 Å². The van der Waals surface area contributed by atoms with Gasteiger partial charge < -0.3 is 0 Å². The van der Waals surface area contributed by atoms with Crippen molar-refractivity contribution in [1.29, 1.82) is 5.41 Å². The molecule has 0 amide bonds. The third-order valence-electron chi connectivity index (χ3n) is 0.306. The summed E-state index contributed by atoms with van der Waals surface area (Å²) < 4.78 is 0. The summed E-state index contributed by atoms with van der Waals surface area (Å²) in [5.74, 6) is 0. The predicted molar refractivity (Wildman–Crippen MR) is 149 cm³/mol.